The quantitative estimate of drug-likeness (QED) is 0.709. The molecule has 0 heterocycles. The standard InChI is InChI=1S/C13H19N3OS/c1-3-15-13(18)16-11-7-4-10(5-8-11)6-9-12(17)14-2/h4-5,7-8H,3,6,9H2,1-2H3,(H,14,17)(H2,15,16,18). The molecular formula is C13H19N3OS. The summed E-state index contributed by atoms with van der Waals surface area (Å²) in [7, 11) is 1.65. The molecule has 0 aliphatic rings. The van der Waals surface area contributed by atoms with E-state index < -0.39 is 0 Å². The first-order chi connectivity index (χ1) is 8.65. The summed E-state index contributed by atoms with van der Waals surface area (Å²) >= 11 is 5.09. The molecular weight excluding hydrogens is 246 g/mol. The fourth-order valence-corrected chi connectivity index (χ4v) is 1.74. The molecule has 0 atom stereocenters. The van der Waals surface area contributed by atoms with Gasteiger partial charge in [0.1, 0.15) is 0 Å². The number of carbonyl (C=O) groups is 1. The first-order valence-corrected chi connectivity index (χ1v) is 6.41. The van der Waals surface area contributed by atoms with Crippen molar-refractivity contribution in [1.82, 2.24) is 10.6 Å². The third-order valence-corrected chi connectivity index (χ3v) is 2.72. The summed E-state index contributed by atoms with van der Waals surface area (Å²) in [6.07, 6.45) is 1.26. The van der Waals surface area contributed by atoms with Crippen LogP contribution in [-0.4, -0.2) is 24.6 Å². The van der Waals surface area contributed by atoms with Crippen molar-refractivity contribution in [2.24, 2.45) is 0 Å². The van der Waals surface area contributed by atoms with Crippen LogP contribution in [0, 0.1) is 0 Å². The van der Waals surface area contributed by atoms with Crippen molar-refractivity contribution in [3.8, 4) is 0 Å². The van der Waals surface area contributed by atoms with E-state index >= 15 is 0 Å². The molecule has 3 N–H and O–H groups in total. The number of carbonyl (C=O) groups excluding carboxylic acids is 1. The van der Waals surface area contributed by atoms with E-state index in [1.807, 2.05) is 31.2 Å². The minimum absolute atomic E-state index is 0.0607. The number of anilines is 1. The molecule has 0 saturated carbocycles. The van der Waals surface area contributed by atoms with Crippen LogP contribution in [0.15, 0.2) is 24.3 Å². The van der Waals surface area contributed by atoms with Crippen LogP contribution in [-0.2, 0) is 11.2 Å². The lowest BCUT2D eigenvalue weighted by Crippen LogP contribution is -2.27. The topological polar surface area (TPSA) is 53.2 Å². The third kappa shape index (κ3) is 5.14. The van der Waals surface area contributed by atoms with Crippen molar-refractivity contribution in [2.75, 3.05) is 18.9 Å². The molecule has 0 fully saturated rings. The second-order valence-corrected chi connectivity index (χ2v) is 4.26. The van der Waals surface area contributed by atoms with Gasteiger partial charge in [-0.25, -0.2) is 0 Å². The Labute approximate surface area is 113 Å². The van der Waals surface area contributed by atoms with Gasteiger partial charge in [0, 0.05) is 25.7 Å². The van der Waals surface area contributed by atoms with Crippen molar-refractivity contribution in [3.63, 3.8) is 0 Å². The van der Waals surface area contributed by atoms with Crippen LogP contribution < -0.4 is 16.0 Å². The maximum atomic E-state index is 11.1. The molecule has 0 saturated heterocycles. The van der Waals surface area contributed by atoms with Gasteiger partial charge in [0.05, 0.1) is 0 Å². The zero-order valence-electron chi connectivity index (χ0n) is 10.7. The molecule has 0 aromatic heterocycles. The van der Waals surface area contributed by atoms with Crippen LogP contribution in [0.3, 0.4) is 0 Å². The normalized spacial score (nSPS) is 9.67. The summed E-state index contributed by atoms with van der Waals surface area (Å²) in [5.41, 5.74) is 2.09. The largest absolute Gasteiger partial charge is 0.363 e. The molecule has 1 aromatic carbocycles. The molecule has 0 unspecified atom stereocenters. The van der Waals surface area contributed by atoms with Gasteiger partial charge in [-0.05, 0) is 43.3 Å². The highest BCUT2D eigenvalue weighted by Gasteiger charge is 2.00. The van der Waals surface area contributed by atoms with Crippen LogP contribution >= 0.6 is 12.2 Å². The van der Waals surface area contributed by atoms with Crippen LogP contribution in [0.25, 0.3) is 0 Å². The van der Waals surface area contributed by atoms with Crippen molar-refractivity contribution in [2.45, 2.75) is 19.8 Å². The molecule has 1 rings (SSSR count). The molecule has 1 aromatic rings. The van der Waals surface area contributed by atoms with E-state index in [4.69, 9.17) is 12.2 Å². The van der Waals surface area contributed by atoms with E-state index in [1.165, 1.54) is 0 Å². The number of aryl methyl sites for hydroxylation is 1. The summed E-state index contributed by atoms with van der Waals surface area (Å²) in [4.78, 5) is 11.1. The average molecular weight is 265 g/mol. The Bertz CT molecular complexity index is 403. The zero-order chi connectivity index (χ0) is 13.4. The predicted molar refractivity (Wildman–Crippen MR) is 78.7 cm³/mol. The van der Waals surface area contributed by atoms with Gasteiger partial charge in [0.25, 0.3) is 0 Å². The Morgan fingerprint density at radius 3 is 2.50 bits per heavy atom. The average Bonchev–Trinajstić information content (AvgIpc) is 2.37. The van der Waals surface area contributed by atoms with Gasteiger partial charge in [0.15, 0.2) is 5.11 Å². The van der Waals surface area contributed by atoms with Gasteiger partial charge in [-0.1, -0.05) is 12.1 Å². The molecule has 4 nitrogen and oxygen atoms in total. The first-order valence-electron chi connectivity index (χ1n) is 6.00. The van der Waals surface area contributed by atoms with Gasteiger partial charge >= 0.3 is 0 Å². The van der Waals surface area contributed by atoms with E-state index in [2.05, 4.69) is 16.0 Å². The highest BCUT2D eigenvalue weighted by atomic mass is 32.1. The summed E-state index contributed by atoms with van der Waals surface area (Å²) in [6.45, 7) is 2.80. The lowest BCUT2D eigenvalue weighted by Gasteiger charge is -2.09. The predicted octanol–water partition coefficient (Wildman–Crippen LogP) is 1.67. The SMILES string of the molecule is CCNC(=S)Nc1ccc(CCC(=O)NC)cc1. The smallest absolute Gasteiger partial charge is 0.220 e. The summed E-state index contributed by atoms with van der Waals surface area (Å²) < 4.78 is 0. The zero-order valence-corrected chi connectivity index (χ0v) is 11.6. The Balaban J connectivity index is 2.47. The molecule has 18 heavy (non-hydrogen) atoms. The monoisotopic (exact) mass is 265 g/mol. The number of hydrogen-bond acceptors (Lipinski definition) is 2. The summed E-state index contributed by atoms with van der Waals surface area (Å²) in [6, 6.07) is 7.92. The molecule has 0 aliphatic heterocycles. The Morgan fingerprint density at radius 2 is 1.94 bits per heavy atom. The second kappa shape index (κ2) is 7.66. The maximum absolute atomic E-state index is 11.1. The minimum Gasteiger partial charge on any atom is -0.363 e. The lowest BCUT2D eigenvalue weighted by molar-refractivity contribution is -0.120. The van der Waals surface area contributed by atoms with Gasteiger partial charge in [0.2, 0.25) is 5.91 Å². The molecule has 5 heteroatoms. The Morgan fingerprint density at radius 1 is 1.28 bits per heavy atom. The third-order valence-electron chi connectivity index (χ3n) is 2.47. The highest BCUT2D eigenvalue weighted by molar-refractivity contribution is 7.80. The highest BCUT2D eigenvalue weighted by Crippen LogP contribution is 2.11. The maximum Gasteiger partial charge on any atom is 0.220 e. The van der Waals surface area contributed by atoms with Crippen molar-refractivity contribution in [1.29, 1.82) is 0 Å². The van der Waals surface area contributed by atoms with Crippen molar-refractivity contribution in [3.05, 3.63) is 29.8 Å². The number of thiocarbonyl (C=S) groups is 1. The van der Waals surface area contributed by atoms with Gasteiger partial charge in [-0.3, -0.25) is 4.79 Å². The molecule has 0 spiro atoms. The molecule has 0 bridgehead atoms. The van der Waals surface area contributed by atoms with E-state index in [1.54, 1.807) is 7.05 Å². The number of benzene rings is 1. The fraction of sp³-hybridized carbons (Fsp3) is 0.385. The van der Waals surface area contributed by atoms with Crippen LogP contribution in [0.2, 0.25) is 0 Å². The van der Waals surface area contributed by atoms with Gasteiger partial charge in [-0.2, -0.15) is 0 Å². The van der Waals surface area contributed by atoms with Gasteiger partial charge in [-0.15, -0.1) is 0 Å². The second-order valence-electron chi connectivity index (χ2n) is 3.85. The van der Waals surface area contributed by atoms with Crippen molar-refractivity contribution < 1.29 is 4.79 Å². The van der Waals surface area contributed by atoms with Crippen LogP contribution in [0.1, 0.15) is 18.9 Å². The Kier molecular flexibility index (Phi) is 6.14. The molecule has 98 valence electrons. The van der Waals surface area contributed by atoms with E-state index in [9.17, 15) is 4.79 Å². The van der Waals surface area contributed by atoms with Crippen LogP contribution in [0.4, 0.5) is 5.69 Å². The molecule has 1 amide bonds. The van der Waals surface area contributed by atoms with Crippen molar-refractivity contribution >= 4 is 28.9 Å². The van der Waals surface area contributed by atoms with Gasteiger partial charge < -0.3 is 16.0 Å². The first kappa shape index (κ1) is 14.4. The van der Waals surface area contributed by atoms with E-state index in [-0.39, 0.29) is 5.91 Å². The summed E-state index contributed by atoms with van der Waals surface area (Å²) in [5, 5.41) is 9.34. The minimum atomic E-state index is 0.0607. The van der Waals surface area contributed by atoms with Crippen LogP contribution in [0.5, 0.6) is 0 Å². The number of nitrogens with one attached hydrogen (secondary N) is 3. The number of amides is 1. The van der Waals surface area contributed by atoms with E-state index in [0.717, 1.165) is 24.2 Å². The Hall–Kier alpha value is -1.62. The number of hydrogen-bond donors (Lipinski definition) is 3. The fourth-order valence-electron chi connectivity index (χ4n) is 1.47. The molecule has 0 aliphatic carbocycles. The lowest BCUT2D eigenvalue weighted by atomic mass is 10.1. The van der Waals surface area contributed by atoms with E-state index in [0.29, 0.717) is 11.5 Å². The molecule has 0 radical (unpaired) electrons. The number of rotatable bonds is 5. The summed E-state index contributed by atoms with van der Waals surface area (Å²) in [5.74, 6) is 0.0607.